The Labute approximate surface area is 150 Å². The molecule has 1 amide bonds. The van der Waals surface area contributed by atoms with Crippen LogP contribution in [0.3, 0.4) is 0 Å². The standard InChI is InChI=1S/C17H17Cl3N2O/c1-10-6-7-14(19)17(16(10)20)22-15(23)9-21-11(2)12-4-3-5-13(18)8-12/h3-8,11,21H,9H2,1-2H3,(H,22,23)/t11-/m0/s1. The number of anilines is 1. The maximum Gasteiger partial charge on any atom is 0.238 e. The van der Waals surface area contributed by atoms with Gasteiger partial charge in [0.15, 0.2) is 0 Å². The Bertz CT molecular complexity index is 719. The molecule has 2 aromatic rings. The van der Waals surface area contributed by atoms with Crippen LogP contribution in [0.2, 0.25) is 15.1 Å². The highest BCUT2D eigenvalue weighted by Gasteiger charge is 2.13. The van der Waals surface area contributed by atoms with Gasteiger partial charge < -0.3 is 10.6 Å². The second kappa shape index (κ2) is 8.02. The molecule has 0 saturated heterocycles. The van der Waals surface area contributed by atoms with E-state index in [1.807, 2.05) is 38.1 Å². The van der Waals surface area contributed by atoms with Crippen molar-refractivity contribution in [1.82, 2.24) is 5.32 Å². The van der Waals surface area contributed by atoms with E-state index in [1.165, 1.54) is 0 Å². The molecule has 0 bridgehead atoms. The van der Waals surface area contributed by atoms with Crippen molar-refractivity contribution in [1.29, 1.82) is 0 Å². The summed E-state index contributed by atoms with van der Waals surface area (Å²) in [6, 6.07) is 11.0. The zero-order chi connectivity index (χ0) is 17.0. The number of rotatable bonds is 5. The summed E-state index contributed by atoms with van der Waals surface area (Å²) in [4.78, 5) is 12.1. The Balaban J connectivity index is 1.97. The minimum atomic E-state index is -0.215. The predicted octanol–water partition coefficient (Wildman–Crippen LogP) is 5.24. The lowest BCUT2D eigenvalue weighted by molar-refractivity contribution is -0.115. The fourth-order valence-electron chi connectivity index (χ4n) is 2.09. The Morgan fingerprint density at radius 2 is 1.91 bits per heavy atom. The van der Waals surface area contributed by atoms with Crippen molar-refractivity contribution in [3.63, 3.8) is 0 Å². The number of hydrogen-bond acceptors (Lipinski definition) is 2. The molecule has 6 heteroatoms. The molecule has 0 aromatic heterocycles. The summed E-state index contributed by atoms with van der Waals surface area (Å²) in [5, 5.41) is 7.42. The van der Waals surface area contributed by atoms with Gasteiger partial charge in [-0.25, -0.2) is 0 Å². The summed E-state index contributed by atoms with van der Waals surface area (Å²) < 4.78 is 0. The van der Waals surface area contributed by atoms with Gasteiger partial charge in [0.1, 0.15) is 0 Å². The summed E-state index contributed by atoms with van der Waals surface area (Å²) in [5.41, 5.74) is 2.30. The van der Waals surface area contributed by atoms with Gasteiger partial charge in [0.25, 0.3) is 0 Å². The second-order valence-corrected chi connectivity index (χ2v) is 6.48. The third-order valence-corrected chi connectivity index (χ3v) is 4.50. The zero-order valence-corrected chi connectivity index (χ0v) is 15.1. The minimum absolute atomic E-state index is 0.0112. The third kappa shape index (κ3) is 4.85. The number of amides is 1. The monoisotopic (exact) mass is 370 g/mol. The van der Waals surface area contributed by atoms with Gasteiger partial charge in [-0.05, 0) is 43.2 Å². The highest BCUT2D eigenvalue weighted by molar-refractivity contribution is 6.40. The van der Waals surface area contributed by atoms with Gasteiger partial charge in [-0.2, -0.15) is 0 Å². The van der Waals surface area contributed by atoms with Crippen molar-refractivity contribution < 1.29 is 4.79 Å². The van der Waals surface area contributed by atoms with E-state index in [1.54, 1.807) is 12.1 Å². The van der Waals surface area contributed by atoms with Crippen molar-refractivity contribution in [3.05, 3.63) is 62.6 Å². The van der Waals surface area contributed by atoms with Crippen LogP contribution in [0, 0.1) is 6.92 Å². The molecule has 23 heavy (non-hydrogen) atoms. The average Bonchev–Trinajstić information content (AvgIpc) is 2.53. The first kappa shape index (κ1) is 18.1. The Morgan fingerprint density at radius 3 is 2.61 bits per heavy atom. The Morgan fingerprint density at radius 1 is 1.17 bits per heavy atom. The summed E-state index contributed by atoms with van der Waals surface area (Å²) in [5.74, 6) is -0.215. The lowest BCUT2D eigenvalue weighted by Crippen LogP contribution is -2.30. The number of benzene rings is 2. The zero-order valence-electron chi connectivity index (χ0n) is 12.8. The molecular formula is C17H17Cl3N2O. The maximum atomic E-state index is 12.1. The molecule has 0 radical (unpaired) electrons. The molecule has 0 spiro atoms. The van der Waals surface area contributed by atoms with Crippen LogP contribution >= 0.6 is 34.8 Å². The van der Waals surface area contributed by atoms with Gasteiger partial charge in [-0.1, -0.05) is 53.0 Å². The van der Waals surface area contributed by atoms with Crippen molar-refractivity contribution in [3.8, 4) is 0 Å². The molecule has 1 atom stereocenters. The topological polar surface area (TPSA) is 41.1 Å². The van der Waals surface area contributed by atoms with E-state index in [9.17, 15) is 4.79 Å². The molecule has 0 unspecified atom stereocenters. The number of nitrogens with one attached hydrogen (secondary N) is 2. The maximum absolute atomic E-state index is 12.1. The molecule has 0 aliphatic heterocycles. The molecule has 2 rings (SSSR count). The number of hydrogen-bond donors (Lipinski definition) is 2. The van der Waals surface area contributed by atoms with Gasteiger partial charge in [-0.15, -0.1) is 0 Å². The van der Waals surface area contributed by atoms with E-state index in [-0.39, 0.29) is 18.5 Å². The molecule has 2 N–H and O–H groups in total. The van der Waals surface area contributed by atoms with Gasteiger partial charge in [0.05, 0.1) is 22.3 Å². The van der Waals surface area contributed by atoms with Crippen molar-refractivity contribution in [2.75, 3.05) is 11.9 Å². The van der Waals surface area contributed by atoms with E-state index < -0.39 is 0 Å². The summed E-state index contributed by atoms with van der Waals surface area (Å²) >= 11 is 18.2. The smallest absolute Gasteiger partial charge is 0.238 e. The normalized spacial score (nSPS) is 12.0. The Kier molecular flexibility index (Phi) is 6.31. The Hall–Kier alpha value is -1.26. The fourth-order valence-corrected chi connectivity index (χ4v) is 2.76. The first-order chi connectivity index (χ1) is 10.9. The molecule has 0 fully saturated rings. The van der Waals surface area contributed by atoms with Crippen molar-refractivity contribution >= 4 is 46.4 Å². The predicted molar refractivity (Wildman–Crippen MR) is 97.7 cm³/mol. The highest BCUT2D eigenvalue weighted by atomic mass is 35.5. The van der Waals surface area contributed by atoms with Gasteiger partial charge in [0, 0.05) is 11.1 Å². The molecule has 0 aliphatic rings. The van der Waals surface area contributed by atoms with E-state index in [0.29, 0.717) is 20.8 Å². The van der Waals surface area contributed by atoms with Crippen LogP contribution in [0.1, 0.15) is 24.1 Å². The quantitative estimate of drug-likeness (QED) is 0.754. The molecule has 2 aromatic carbocycles. The highest BCUT2D eigenvalue weighted by Crippen LogP contribution is 2.32. The molecule has 0 heterocycles. The lowest BCUT2D eigenvalue weighted by Gasteiger charge is -2.15. The number of aryl methyl sites for hydroxylation is 1. The molecular weight excluding hydrogens is 355 g/mol. The van der Waals surface area contributed by atoms with Crippen LogP contribution in [0.25, 0.3) is 0 Å². The molecule has 122 valence electrons. The largest absolute Gasteiger partial charge is 0.322 e. The number of carbonyl (C=O) groups excluding carboxylic acids is 1. The number of carbonyl (C=O) groups is 1. The van der Waals surface area contributed by atoms with Gasteiger partial charge in [0.2, 0.25) is 5.91 Å². The molecule has 3 nitrogen and oxygen atoms in total. The minimum Gasteiger partial charge on any atom is -0.322 e. The van der Waals surface area contributed by atoms with Crippen LogP contribution in [0.4, 0.5) is 5.69 Å². The van der Waals surface area contributed by atoms with Crippen LogP contribution < -0.4 is 10.6 Å². The molecule has 0 saturated carbocycles. The SMILES string of the molecule is Cc1ccc(Cl)c(NC(=O)CN[C@@H](C)c2cccc(Cl)c2)c1Cl. The van der Waals surface area contributed by atoms with Crippen LogP contribution in [-0.4, -0.2) is 12.5 Å². The van der Waals surface area contributed by atoms with E-state index >= 15 is 0 Å². The van der Waals surface area contributed by atoms with Crippen molar-refractivity contribution in [2.24, 2.45) is 0 Å². The summed E-state index contributed by atoms with van der Waals surface area (Å²) in [6.07, 6.45) is 0. The van der Waals surface area contributed by atoms with Gasteiger partial charge in [-0.3, -0.25) is 4.79 Å². The first-order valence-electron chi connectivity index (χ1n) is 7.11. The first-order valence-corrected chi connectivity index (χ1v) is 8.25. The second-order valence-electron chi connectivity index (χ2n) is 5.26. The van der Waals surface area contributed by atoms with Crippen LogP contribution in [0.5, 0.6) is 0 Å². The summed E-state index contributed by atoms with van der Waals surface area (Å²) in [6.45, 7) is 3.95. The number of halogens is 3. The van der Waals surface area contributed by atoms with Crippen LogP contribution in [0.15, 0.2) is 36.4 Å². The van der Waals surface area contributed by atoms with Gasteiger partial charge >= 0.3 is 0 Å². The third-order valence-electron chi connectivity index (χ3n) is 3.47. The average molecular weight is 372 g/mol. The van der Waals surface area contributed by atoms with E-state index in [2.05, 4.69) is 10.6 Å². The summed E-state index contributed by atoms with van der Waals surface area (Å²) in [7, 11) is 0. The molecule has 0 aliphatic carbocycles. The van der Waals surface area contributed by atoms with Crippen LogP contribution in [-0.2, 0) is 4.79 Å². The fraction of sp³-hybridized carbons (Fsp3) is 0.235. The lowest BCUT2D eigenvalue weighted by atomic mass is 10.1. The van der Waals surface area contributed by atoms with E-state index in [4.69, 9.17) is 34.8 Å². The van der Waals surface area contributed by atoms with Crippen molar-refractivity contribution in [2.45, 2.75) is 19.9 Å². The van der Waals surface area contributed by atoms with E-state index in [0.717, 1.165) is 11.1 Å².